The van der Waals surface area contributed by atoms with Gasteiger partial charge in [0.2, 0.25) is 12.2 Å². The molecular formula is C7H9N4O2+. The SMILES string of the molecule is Cn1c(O)cc(=O)n2nc[n+](C)c12. The Hall–Kier alpha value is -1.85. The summed E-state index contributed by atoms with van der Waals surface area (Å²) in [7, 11) is 3.41. The van der Waals surface area contributed by atoms with E-state index in [1.807, 2.05) is 0 Å². The quantitative estimate of drug-likeness (QED) is 0.506. The van der Waals surface area contributed by atoms with Crippen LogP contribution in [0.2, 0.25) is 0 Å². The van der Waals surface area contributed by atoms with Gasteiger partial charge in [0, 0.05) is 0 Å². The first-order valence-electron chi connectivity index (χ1n) is 3.73. The summed E-state index contributed by atoms with van der Waals surface area (Å²) in [5.41, 5.74) is -0.341. The zero-order chi connectivity index (χ0) is 9.59. The molecule has 1 N–H and O–H groups in total. The Labute approximate surface area is 73.3 Å². The lowest BCUT2D eigenvalue weighted by atomic mass is 10.6. The van der Waals surface area contributed by atoms with E-state index in [0.29, 0.717) is 5.78 Å². The molecule has 0 fully saturated rings. The van der Waals surface area contributed by atoms with E-state index in [0.717, 1.165) is 6.07 Å². The molecule has 0 radical (unpaired) electrons. The van der Waals surface area contributed by atoms with Crippen LogP contribution in [0, 0.1) is 0 Å². The fourth-order valence-electron chi connectivity index (χ4n) is 1.29. The van der Waals surface area contributed by atoms with Gasteiger partial charge in [0.25, 0.3) is 0 Å². The second-order valence-electron chi connectivity index (χ2n) is 2.85. The van der Waals surface area contributed by atoms with Crippen LogP contribution in [0.25, 0.3) is 5.78 Å². The van der Waals surface area contributed by atoms with Gasteiger partial charge in [-0.2, -0.15) is 0 Å². The third kappa shape index (κ3) is 0.915. The summed E-state index contributed by atoms with van der Waals surface area (Å²) in [6, 6.07) is 1.12. The summed E-state index contributed by atoms with van der Waals surface area (Å²) in [6.07, 6.45) is 1.51. The molecule has 6 heteroatoms. The van der Waals surface area contributed by atoms with Crippen molar-refractivity contribution >= 4 is 5.78 Å². The lowest BCUT2D eigenvalue weighted by molar-refractivity contribution is -0.649. The van der Waals surface area contributed by atoms with Gasteiger partial charge >= 0.3 is 11.3 Å². The molecule has 0 aromatic carbocycles. The standard InChI is InChI=1S/C7H8N4O2/c1-9-4-8-11-6(13)3-5(12)10(2)7(9)11/h3-4H,1-2H3/p+1. The fourth-order valence-corrected chi connectivity index (χ4v) is 1.29. The lowest BCUT2D eigenvalue weighted by Gasteiger charge is -1.97. The van der Waals surface area contributed by atoms with Crippen molar-refractivity contribution in [2.24, 2.45) is 14.1 Å². The minimum atomic E-state index is -0.341. The first-order valence-corrected chi connectivity index (χ1v) is 3.73. The smallest absolute Gasteiger partial charge is 0.362 e. The average molecular weight is 181 g/mol. The van der Waals surface area contributed by atoms with Crippen molar-refractivity contribution in [1.29, 1.82) is 0 Å². The molecule has 0 atom stereocenters. The molecule has 0 aliphatic heterocycles. The highest BCUT2D eigenvalue weighted by molar-refractivity contribution is 5.25. The number of aryl methyl sites for hydroxylation is 2. The van der Waals surface area contributed by atoms with Gasteiger partial charge in [-0.25, -0.2) is 9.13 Å². The van der Waals surface area contributed by atoms with Crippen LogP contribution >= 0.6 is 0 Å². The number of hydrogen-bond donors (Lipinski definition) is 1. The summed E-state index contributed by atoms with van der Waals surface area (Å²) in [6.45, 7) is 0. The number of aromatic nitrogens is 4. The van der Waals surface area contributed by atoms with Crippen molar-refractivity contribution in [3.8, 4) is 5.88 Å². The molecule has 0 aliphatic rings. The zero-order valence-corrected chi connectivity index (χ0v) is 7.30. The van der Waals surface area contributed by atoms with Crippen molar-refractivity contribution in [2.75, 3.05) is 0 Å². The maximum atomic E-state index is 11.3. The molecule has 2 aromatic rings. The molecule has 68 valence electrons. The summed E-state index contributed by atoms with van der Waals surface area (Å²) < 4.78 is 4.36. The van der Waals surface area contributed by atoms with Crippen LogP contribution in [-0.2, 0) is 14.1 Å². The molecule has 0 unspecified atom stereocenters. The summed E-state index contributed by atoms with van der Waals surface area (Å²) in [4.78, 5) is 11.3. The Morgan fingerprint density at radius 1 is 1.62 bits per heavy atom. The highest BCUT2D eigenvalue weighted by Crippen LogP contribution is 2.03. The first kappa shape index (κ1) is 7.78. The maximum absolute atomic E-state index is 11.3. The van der Waals surface area contributed by atoms with Crippen molar-refractivity contribution < 1.29 is 9.67 Å². The monoisotopic (exact) mass is 181 g/mol. The molecule has 0 saturated heterocycles. The van der Waals surface area contributed by atoms with Crippen molar-refractivity contribution in [2.45, 2.75) is 0 Å². The maximum Gasteiger partial charge on any atom is 0.362 e. The van der Waals surface area contributed by atoms with E-state index in [1.165, 1.54) is 15.4 Å². The Bertz CT molecular complexity index is 525. The van der Waals surface area contributed by atoms with Gasteiger partial charge in [0.1, 0.15) is 0 Å². The van der Waals surface area contributed by atoms with Crippen LogP contribution in [-0.4, -0.2) is 19.3 Å². The molecule has 0 spiro atoms. The highest BCUT2D eigenvalue weighted by atomic mass is 16.3. The average Bonchev–Trinajstić information content (AvgIpc) is 2.44. The molecule has 0 bridgehead atoms. The molecule has 0 saturated carbocycles. The van der Waals surface area contributed by atoms with Gasteiger partial charge in [-0.05, 0) is 9.61 Å². The molecule has 0 aliphatic carbocycles. The third-order valence-corrected chi connectivity index (χ3v) is 1.95. The van der Waals surface area contributed by atoms with Crippen LogP contribution in [0.5, 0.6) is 5.88 Å². The normalized spacial score (nSPS) is 10.9. The van der Waals surface area contributed by atoms with Gasteiger partial charge in [0.05, 0.1) is 20.2 Å². The summed E-state index contributed by atoms with van der Waals surface area (Å²) in [5, 5.41) is 13.2. The van der Waals surface area contributed by atoms with Crippen LogP contribution in [0.4, 0.5) is 0 Å². The van der Waals surface area contributed by atoms with Gasteiger partial charge in [0.15, 0.2) is 0 Å². The van der Waals surface area contributed by atoms with Crippen LogP contribution in [0.3, 0.4) is 0 Å². The fraction of sp³-hybridized carbons (Fsp3) is 0.286. The lowest BCUT2D eigenvalue weighted by Crippen LogP contribution is -2.31. The Balaban J connectivity index is 3.10. The van der Waals surface area contributed by atoms with Crippen molar-refractivity contribution in [3.05, 3.63) is 22.7 Å². The van der Waals surface area contributed by atoms with E-state index in [-0.39, 0.29) is 11.4 Å². The highest BCUT2D eigenvalue weighted by Gasteiger charge is 2.15. The van der Waals surface area contributed by atoms with Crippen LogP contribution < -0.4 is 10.1 Å². The minimum absolute atomic E-state index is 0.0754. The molecular weight excluding hydrogens is 172 g/mol. The van der Waals surface area contributed by atoms with Crippen LogP contribution in [0.1, 0.15) is 0 Å². The number of nitrogens with zero attached hydrogens (tertiary/aromatic N) is 4. The molecule has 2 rings (SSSR count). The van der Waals surface area contributed by atoms with Gasteiger partial charge in [-0.15, -0.1) is 0 Å². The molecule has 2 aromatic heterocycles. The second-order valence-corrected chi connectivity index (χ2v) is 2.85. The van der Waals surface area contributed by atoms with E-state index in [1.54, 1.807) is 18.7 Å². The van der Waals surface area contributed by atoms with Crippen molar-refractivity contribution in [3.63, 3.8) is 0 Å². The Morgan fingerprint density at radius 3 is 3.00 bits per heavy atom. The Kier molecular flexibility index (Phi) is 1.39. The first-order chi connectivity index (χ1) is 6.11. The van der Waals surface area contributed by atoms with E-state index >= 15 is 0 Å². The minimum Gasteiger partial charge on any atom is -0.486 e. The number of aromatic hydroxyl groups is 1. The number of rotatable bonds is 0. The molecule has 0 amide bonds. The zero-order valence-electron chi connectivity index (χ0n) is 7.30. The van der Waals surface area contributed by atoms with E-state index < -0.39 is 0 Å². The molecule has 13 heavy (non-hydrogen) atoms. The summed E-state index contributed by atoms with van der Waals surface area (Å²) >= 11 is 0. The van der Waals surface area contributed by atoms with Crippen LogP contribution in [0.15, 0.2) is 17.2 Å². The number of fused-ring (bicyclic) bond motifs is 1. The molecule has 6 nitrogen and oxygen atoms in total. The molecule has 2 heterocycles. The predicted molar refractivity (Wildman–Crippen MR) is 43.3 cm³/mol. The van der Waals surface area contributed by atoms with Gasteiger partial charge < -0.3 is 5.11 Å². The second kappa shape index (κ2) is 2.32. The van der Waals surface area contributed by atoms with E-state index in [9.17, 15) is 9.90 Å². The van der Waals surface area contributed by atoms with E-state index in [4.69, 9.17) is 0 Å². The largest absolute Gasteiger partial charge is 0.486 e. The predicted octanol–water partition coefficient (Wildman–Crippen LogP) is -1.44. The third-order valence-electron chi connectivity index (χ3n) is 1.95. The number of hydrogen-bond acceptors (Lipinski definition) is 3. The topological polar surface area (TPSA) is 63.4 Å². The van der Waals surface area contributed by atoms with Gasteiger partial charge in [-0.1, -0.05) is 0 Å². The van der Waals surface area contributed by atoms with E-state index in [2.05, 4.69) is 5.10 Å². The Morgan fingerprint density at radius 2 is 2.31 bits per heavy atom. The van der Waals surface area contributed by atoms with Gasteiger partial charge in [-0.3, -0.25) is 4.79 Å². The van der Waals surface area contributed by atoms with Crippen molar-refractivity contribution in [1.82, 2.24) is 14.2 Å². The summed E-state index contributed by atoms with van der Waals surface area (Å²) in [5.74, 6) is 0.457.